The van der Waals surface area contributed by atoms with Crippen LogP contribution in [0.2, 0.25) is 0 Å². The van der Waals surface area contributed by atoms with E-state index in [4.69, 9.17) is 4.74 Å². The van der Waals surface area contributed by atoms with Crippen molar-refractivity contribution in [3.8, 4) is 0 Å². The minimum absolute atomic E-state index is 0.101. The molecule has 0 aromatic heterocycles. The average molecular weight is 171 g/mol. The van der Waals surface area contributed by atoms with E-state index in [1.165, 1.54) is 0 Å². The van der Waals surface area contributed by atoms with Gasteiger partial charge in [0.2, 0.25) is 0 Å². The van der Waals surface area contributed by atoms with Crippen LogP contribution in [0, 0.1) is 0 Å². The molecule has 0 unspecified atom stereocenters. The standard InChI is InChI=1S/C9H17NO2/c1-10-6-3-7(11)5-8(10)9(4-6)12-2/h6-9,11H,3-5H2,1-2H3/t6-,7-,8+,9-/m1/s1. The van der Waals surface area contributed by atoms with Gasteiger partial charge in [0.05, 0.1) is 12.2 Å². The van der Waals surface area contributed by atoms with Gasteiger partial charge in [0, 0.05) is 19.2 Å². The highest BCUT2D eigenvalue weighted by atomic mass is 16.5. The molecule has 2 saturated heterocycles. The molecule has 3 heteroatoms. The van der Waals surface area contributed by atoms with Crippen LogP contribution in [0.25, 0.3) is 0 Å². The second-order valence-electron chi connectivity index (χ2n) is 4.02. The van der Waals surface area contributed by atoms with Gasteiger partial charge in [-0.15, -0.1) is 0 Å². The van der Waals surface area contributed by atoms with Crippen LogP contribution in [0.1, 0.15) is 19.3 Å². The lowest BCUT2D eigenvalue weighted by molar-refractivity contribution is 0.0151. The Labute approximate surface area is 73.3 Å². The summed E-state index contributed by atoms with van der Waals surface area (Å²) in [6.45, 7) is 0. The van der Waals surface area contributed by atoms with Crippen LogP contribution in [0.15, 0.2) is 0 Å². The van der Waals surface area contributed by atoms with Crippen molar-refractivity contribution in [1.82, 2.24) is 4.90 Å². The van der Waals surface area contributed by atoms with Crippen molar-refractivity contribution in [2.45, 2.75) is 43.6 Å². The minimum atomic E-state index is -0.101. The van der Waals surface area contributed by atoms with Gasteiger partial charge in [-0.25, -0.2) is 0 Å². The number of piperidine rings is 1. The van der Waals surface area contributed by atoms with Crippen molar-refractivity contribution < 1.29 is 9.84 Å². The van der Waals surface area contributed by atoms with Gasteiger partial charge >= 0.3 is 0 Å². The molecule has 2 bridgehead atoms. The zero-order valence-corrected chi connectivity index (χ0v) is 7.73. The smallest absolute Gasteiger partial charge is 0.0742 e. The van der Waals surface area contributed by atoms with Crippen molar-refractivity contribution in [3.05, 3.63) is 0 Å². The Morgan fingerprint density at radius 3 is 2.75 bits per heavy atom. The molecule has 2 fully saturated rings. The maximum absolute atomic E-state index is 9.54. The number of rotatable bonds is 1. The number of hydrogen-bond donors (Lipinski definition) is 1. The van der Waals surface area contributed by atoms with Crippen LogP contribution in [-0.2, 0) is 4.74 Å². The lowest BCUT2D eigenvalue weighted by atomic mass is 10.0. The van der Waals surface area contributed by atoms with Gasteiger partial charge in [0.15, 0.2) is 0 Å². The number of likely N-dealkylation sites (N-methyl/N-ethyl adjacent to an activating group) is 1. The SMILES string of the molecule is CO[C@@H]1C[C@H]2C[C@@H](O)C[C@@H]1N2C. The van der Waals surface area contributed by atoms with Crippen molar-refractivity contribution in [1.29, 1.82) is 0 Å². The molecule has 2 aliphatic rings. The topological polar surface area (TPSA) is 32.7 Å². The molecule has 0 radical (unpaired) electrons. The van der Waals surface area contributed by atoms with Crippen molar-refractivity contribution in [2.24, 2.45) is 0 Å². The van der Waals surface area contributed by atoms with E-state index in [9.17, 15) is 5.11 Å². The van der Waals surface area contributed by atoms with E-state index in [1.807, 2.05) is 0 Å². The van der Waals surface area contributed by atoms with E-state index < -0.39 is 0 Å². The number of nitrogens with zero attached hydrogens (tertiary/aromatic N) is 1. The summed E-state index contributed by atoms with van der Waals surface area (Å²) in [5, 5.41) is 9.54. The molecule has 4 atom stereocenters. The molecule has 0 amide bonds. The van der Waals surface area contributed by atoms with Crippen LogP contribution < -0.4 is 0 Å². The molecule has 0 saturated carbocycles. The van der Waals surface area contributed by atoms with E-state index >= 15 is 0 Å². The predicted octanol–water partition coefficient (Wildman–Crippen LogP) is 0.229. The van der Waals surface area contributed by atoms with Gasteiger partial charge in [-0.05, 0) is 26.3 Å². The van der Waals surface area contributed by atoms with Gasteiger partial charge in [-0.2, -0.15) is 0 Å². The lowest BCUT2D eigenvalue weighted by Gasteiger charge is -2.34. The lowest BCUT2D eigenvalue weighted by Crippen LogP contribution is -2.44. The Kier molecular flexibility index (Phi) is 2.10. The Morgan fingerprint density at radius 1 is 1.33 bits per heavy atom. The van der Waals surface area contributed by atoms with E-state index in [1.54, 1.807) is 7.11 Å². The summed E-state index contributed by atoms with van der Waals surface area (Å²) in [4.78, 5) is 2.36. The first-order valence-corrected chi connectivity index (χ1v) is 4.65. The first-order valence-electron chi connectivity index (χ1n) is 4.65. The molecule has 0 spiro atoms. The summed E-state index contributed by atoms with van der Waals surface area (Å²) in [6.07, 6.45) is 3.14. The Bertz CT molecular complexity index is 174. The fraction of sp³-hybridized carbons (Fsp3) is 1.00. The number of ether oxygens (including phenoxy) is 1. The number of aliphatic hydroxyl groups excluding tert-OH is 1. The number of fused-ring (bicyclic) bond motifs is 2. The molecular formula is C9H17NO2. The van der Waals surface area contributed by atoms with Crippen LogP contribution in [0.4, 0.5) is 0 Å². The fourth-order valence-electron chi connectivity index (χ4n) is 2.65. The van der Waals surface area contributed by atoms with Gasteiger partial charge in [-0.3, -0.25) is 4.90 Å². The van der Waals surface area contributed by atoms with Gasteiger partial charge in [0.25, 0.3) is 0 Å². The highest BCUT2D eigenvalue weighted by molar-refractivity contribution is 4.99. The van der Waals surface area contributed by atoms with Crippen LogP contribution in [0.3, 0.4) is 0 Å². The normalized spacial score (nSPS) is 48.2. The van der Waals surface area contributed by atoms with Crippen LogP contribution in [-0.4, -0.2) is 48.5 Å². The van der Waals surface area contributed by atoms with E-state index in [2.05, 4.69) is 11.9 Å². The number of hydrogen-bond acceptors (Lipinski definition) is 3. The molecule has 12 heavy (non-hydrogen) atoms. The summed E-state index contributed by atoms with van der Waals surface area (Å²) in [7, 11) is 3.91. The third-order valence-corrected chi connectivity index (χ3v) is 3.39. The molecule has 2 heterocycles. The molecule has 0 aromatic carbocycles. The number of methoxy groups -OCH3 is 1. The zero-order chi connectivity index (χ0) is 8.72. The van der Waals surface area contributed by atoms with E-state index in [-0.39, 0.29) is 6.10 Å². The van der Waals surface area contributed by atoms with E-state index in [0.717, 1.165) is 19.3 Å². The molecule has 2 aliphatic heterocycles. The molecule has 70 valence electrons. The maximum Gasteiger partial charge on any atom is 0.0742 e. The molecular weight excluding hydrogens is 154 g/mol. The van der Waals surface area contributed by atoms with Crippen LogP contribution >= 0.6 is 0 Å². The highest BCUT2D eigenvalue weighted by Crippen LogP contribution is 2.35. The summed E-state index contributed by atoms with van der Waals surface area (Å²) in [5.41, 5.74) is 0. The Morgan fingerprint density at radius 2 is 2.08 bits per heavy atom. The first-order chi connectivity index (χ1) is 5.72. The highest BCUT2D eigenvalue weighted by Gasteiger charge is 2.44. The molecule has 0 aromatic rings. The van der Waals surface area contributed by atoms with Gasteiger partial charge in [-0.1, -0.05) is 0 Å². The second-order valence-corrected chi connectivity index (χ2v) is 4.02. The molecule has 3 nitrogen and oxygen atoms in total. The number of aliphatic hydroxyl groups is 1. The molecule has 1 N–H and O–H groups in total. The molecule has 2 rings (SSSR count). The Balaban J connectivity index is 2.11. The van der Waals surface area contributed by atoms with Gasteiger partial charge < -0.3 is 9.84 Å². The van der Waals surface area contributed by atoms with Crippen molar-refractivity contribution >= 4 is 0 Å². The summed E-state index contributed by atoms with van der Waals surface area (Å²) in [6, 6.07) is 0.993. The van der Waals surface area contributed by atoms with Gasteiger partial charge in [0.1, 0.15) is 0 Å². The van der Waals surface area contributed by atoms with Crippen LogP contribution in [0.5, 0.6) is 0 Å². The third-order valence-electron chi connectivity index (χ3n) is 3.39. The zero-order valence-electron chi connectivity index (χ0n) is 7.73. The predicted molar refractivity (Wildman–Crippen MR) is 46.0 cm³/mol. The summed E-state index contributed by atoms with van der Waals surface area (Å²) >= 11 is 0. The minimum Gasteiger partial charge on any atom is -0.393 e. The quantitative estimate of drug-likeness (QED) is 0.613. The van der Waals surface area contributed by atoms with Crippen molar-refractivity contribution in [3.63, 3.8) is 0 Å². The summed E-state index contributed by atoms with van der Waals surface area (Å²) < 4.78 is 5.39. The maximum atomic E-state index is 9.54. The monoisotopic (exact) mass is 171 g/mol. The Hall–Kier alpha value is -0.120. The molecule has 0 aliphatic carbocycles. The summed E-state index contributed by atoms with van der Waals surface area (Å²) in [5.74, 6) is 0. The second kappa shape index (κ2) is 2.98. The van der Waals surface area contributed by atoms with E-state index in [0.29, 0.717) is 18.2 Å². The van der Waals surface area contributed by atoms with Crippen molar-refractivity contribution in [2.75, 3.05) is 14.2 Å². The first kappa shape index (κ1) is 8.48. The largest absolute Gasteiger partial charge is 0.393 e. The fourth-order valence-corrected chi connectivity index (χ4v) is 2.65. The average Bonchev–Trinajstić information content (AvgIpc) is 2.27. The third kappa shape index (κ3) is 1.16.